The van der Waals surface area contributed by atoms with Gasteiger partial charge in [0.1, 0.15) is 12.4 Å². The number of alkyl halides is 1. The van der Waals surface area contributed by atoms with Crippen LogP contribution in [0.2, 0.25) is 5.02 Å². The van der Waals surface area contributed by atoms with Gasteiger partial charge in [-0.3, -0.25) is 0 Å². The van der Waals surface area contributed by atoms with Gasteiger partial charge < -0.3 is 9.84 Å². The second-order valence-corrected chi connectivity index (χ2v) is 4.24. The molecule has 5 heteroatoms. The number of ether oxygens (including phenoxy) is 1. The molecule has 0 saturated heterocycles. The Morgan fingerprint density at radius 1 is 1.59 bits per heavy atom. The number of fused-ring (bicyclic) bond motifs is 1. The normalized spacial score (nSPS) is 18.1. The summed E-state index contributed by atoms with van der Waals surface area (Å²) in [5, 5.41) is 9.32. The van der Waals surface area contributed by atoms with E-state index < -0.39 is 18.7 Å². The van der Waals surface area contributed by atoms with Crippen molar-refractivity contribution >= 4 is 23.6 Å². The van der Waals surface area contributed by atoms with Gasteiger partial charge >= 0.3 is 5.97 Å². The molecule has 0 spiro atoms. The van der Waals surface area contributed by atoms with Crippen molar-refractivity contribution < 1.29 is 19.0 Å². The molecule has 1 aliphatic heterocycles. The highest BCUT2D eigenvalue weighted by atomic mass is 35.5. The Balaban J connectivity index is 2.57. The lowest BCUT2D eigenvalue weighted by atomic mass is 10.0. The second-order valence-electron chi connectivity index (χ2n) is 3.83. The number of hydrogen-bond donors (Lipinski definition) is 1. The first-order valence-electron chi connectivity index (χ1n) is 5.00. The molecule has 0 aliphatic carbocycles. The van der Waals surface area contributed by atoms with E-state index in [0.29, 0.717) is 16.3 Å². The minimum Gasteiger partial charge on any atom is -0.480 e. The molecule has 90 valence electrons. The van der Waals surface area contributed by atoms with Gasteiger partial charge in [0.05, 0.1) is 10.6 Å². The lowest BCUT2D eigenvalue weighted by Gasteiger charge is -2.24. The maximum atomic E-state index is 12.7. The maximum absolute atomic E-state index is 12.7. The molecule has 1 atom stereocenters. The fourth-order valence-electron chi connectivity index (χ4n) is 1.77. The summed E-state index contributed by atoms with van der Waals surface area (Å²) in [6.07, 6.45) is 0.310. The van der Waals surface area contributed by atoms with Gasteiger partial charge in [-0.05, 0) is 30.7 Å². The summed E-state index contributed by atoms with van der Waals surface area (Å²) in [6, 6.07) is 3.44. The van der Waals surface area contributed by atoms with E-state index in [-0.39, 0.29) is 5.57 Å². The number of carboxylic acids is 1. The van der Waals surface area contributed by atoms with Crippen LogP contribution in [0.4, 0.5) is 4.39 Å². The van der Waals surface area contributed by atoms with Gasteiger partial charge in [0.25, 0.3) is 0 Å². The van der Waals surface area contributed by atoms with Crippen molar-refractivity contribution in [1.29, 1.82) is 0 Å². The molecule has 1 N–H and O–H groups in total. The molecule has 1 unspecified atom stereocenters. The van der Waals surface area contributed by atoms with Gasteiger partial charge in [-0.2, -0.15) is 0 Å². The molecule has 1 heterocycles. The van der Waals surface area contributed by atoms with Crippen molar-refractivity contribution in [2.75, 3.05) is 6.67 Å². The fraction of sp³-hybridized carbons (Fsp3) is 0.250. The zero-order valence-corrected chi connectivity index (χ0v) is 9.79. The first-order valence-corrected chi connectivity index (χ1v) is 5.38. The molecule has 17 heavy (non-hydrogen) atoms. The Hall–Kier alpha value is -1.55. The van der Waals surface area contributed by atoms with E-state index in [1.54, 1.807) is 12.1 Å². The third-order valence-corrected chi connectivity index (χ3v) is 2.80. The Bertz CT molecular complexity index is 511. The average molecular weight is 257 g/mol. The van der Waals surface area contributed by atoms with Crippen molar-refractivity contribution in [1.82, 2.24) is 0 Å². The Morgan fingerprint density at radius 2 is 2.29 bits per heavy atom. The number of halogens is 2. The van der Waals surface area contributed by atoms with Crippen LogP contribution in [0.15, 0.2) is 17.7 Å². The van der Waals surface area contributed by atoms with Crippen LogP contribution < -0.4 is 4.74 Å². The molecular weight excluding hydrogens is 247 g/mol. The topological polar surface area (TPSA) is 46.5 Å². The van der Waals surface area contributed by atoms with Gasteiger partial charge in [-0.15, -0.1) is 0 Å². The highest BCUT2D eigenvalue weighted by Gasteiger charge is 2.28. The van der Waals surface area contributed by atoms with E-state index >= 15 is 0 Å². The number of aryl methyl sites for hydroxylation is 1. The van der Waals surface area contributed by atoms with E-state index in [1.165, 1.54) is 6.08 Å². The molecule has 3 nitrogen and oxygen atoms in total. The molecule has 0 bridgehead atoms. The van der Waals surface area contributed by atoms with Crippen LogP contribution in [0.3, 0.4) is 0 Å². The molecule has 0 radical (unpaired) electrons. The standard InChI is InChI=1S/C12H10ClFO3/c1-6-2-7-4-8(12(15)16)10(5-14)17-11(7)9(13)3-6/h2-4,10H,5H2,1H3,(H,15,16). The Kier molecular flexibility index (Phi) is 3.07. The highest BCUT2D eigenvalue weighted by Crippen LogP contribution is 2.37. The van der Waals surface area contributed by atoms with Crippen LogP contribution in [-0.4, -0.2) is 23.9 Å². The van der Waals surface area contributed by atoms with E-state index in [0.717, 1.165) is 5.56 Å². The summed E-state index contributed by atoms with van der Waals surface area (Å²) in [4.78, 5) is 11.0. The molecule has 0 saturated carbocycles. The van der Waals surface area contributed by atoms with E-state index in [1.807, 2.05) is 6.92 Å². The summed E-state index contributed by atoms with van der Waals surface area (Å²) < 4.78 is 18.0. The van der Waals surface area contributed by atoms with Crippen molar-refractivity contribution in [3.8, 4) is 5.75 Å². The van der Waals surface area contributed by atoms with E-state index in [4.69, 9.17) is 21.4 Å². The van der Waals surface area contributed by atoms with E-state index in [2.05, 4.69) is 0 Å². The summed E-state index contributed by atoms with van der Waals surface area (Å²) in [7, 11) is 0. The largest absolute Gasteiger partial charge is 0.480 e. The van der Waals surface area contributed by atoms with Gasteiger partial charge in [-0.25, -0.2) is 9.18 Å². The summed E-state index contributed by atoms with van der Waals surface area (Å²) in [5.74, 6) is -0.846. The van der Waals surface area contributed by atoms with Gasteiger partial charge in [0.15, 0.2) is 6.10 Å². The SMILES string of the molecule is Cc1cc(Cl)c2c(c1)C=C(C(=O)O)C(CF)O2. The number of carboxylic acid groups (broad SMARTS) is 1. The van der Waals surface area contributed by atoms with Crippen LogP contribution in [0.1, 0.15) is 11.1 Å². The second kappa shape index (κ2) is 4.37. The first-order chi connectivity index (χ1) is 8.02. The monoisotopic (exact) mass is 256 g/mol. The zero-order valence-electron chi connectivity index (χ0n) is 9.04. The molecule has 0 aromatic heterocycles. The highest BCUT2D eigenvalue weighted by molar-refractivity contribution is 6.32. The molecule has 0 fully saturated rings. The summed E-state index contributed by atoms with van der Waals surface area (Å²) in [6.45, 7) is 0.934. The van der Waals surface area contributed by atoms with Crippen molar-refractivity contribution in [2.24, 2.45) is 0 Å². The summed E-state index contributed by atoms with van der Waals surface area (Å²) >= 11 is 5.97. The van der Waals surface area contributed by atoms with Crippen molar-refractivity contribution in [3.63, 3.8) is 0 Å². The molecular formula is C12H10ClFO3. The van der Waals surface area contributed by atoms with Gasteiger partial charge in [0.2, 0.25) is 0 Å². The molecule has 1 aliphatic rings. The van der Waals surface area contributed by atoms with Crippen LogP contribution in [0.5, 0.6) is 5.75 Å². The Morgan fingerprint density at radius 3 is 2.88 bits per heavy atom. The maximum Gasteiger partial charge on any atom is 0.335 e. The van der Waals surface area contributed by atoms with Crippen LogP contribution >= 0.6 is 11.6 Å². The smallest absolute Gasteiger partial charge is 0.335 e. The lowest BCUT2D eigenvalue weighted by molar-refractivity contribution is -0.133. The van der Waals surface area contributed by atoms with Gasteiger partial charge in [0, 0.05) is 5.56 Å². The van der Waals surface area contributed by atoms with Crippen molar-refractivity contribution in [3.05, 3.63) is 33.9 Å². The van der Waals surface area contributed by atoms with Crippen LogP contribution in [-0.2, 0) is 4.79 Å². The molecule has 1 aromatic carbocycles. The zero-order chi connectivity index (χ0) is 12.6. The lowest BCUT2D eigenvalue weighted by Crippen LogP contribution is -2.29. The summed E-state index contributed by atoms with van der Waals surface area (Å²) in [5.41, 5.74) is 1.36. The third kappa shape index (κ3) is 2.13. The molecule has 1 aromatic rings. The number of aliphatic carboxylic acids is 1. The fourth-order valence-corrected chi connectivity index (χ4v) is 2.09. The number of carbonyl (C=O) groups is 1. The predicted octanol–water partition coefficient (Wildman–Crippen LogP) is 2.85. The predicted molar refractivity (Wildman–Crippen MR) is 62.2 cm³/mol. The minimum absolute atomic E-state index is 0.0957. The Labute approximate surface area is 102 Å². The average Bonchev–Trinajstić information content (AvgIpc) is 2.27. The molecule has 2 rings (SSSR count). The minimum atomic E-state index is -1.18. The van der Waals surface area contributed by atoms with Crippen molar-refractivity contribution in [2.45, 2.75) is 13.0 Å². The number of benzene rings is 1. The quantitative estimate of drug-likeness (QED) is 0.885. The van der Waals surface area contributed by atoms with Crippen LogP contribution in [0, 0.1) is 6.92 Å². The number of rotatable bonds is 2. The third-order valence-electron chi connectivity index (χ3n) is 2.52. The first kappa shape index (κ1) is 11.9. The molecule has 0 amide bonds. The van der Waals surface area contributed by atoms with E-state index in [9.17, 15) is 9.18 Å². The van der Waals surface area contributed by atoms with Crippen LogP contribution in [0.25, 0.3) is 6.08 Å². The van der Waals surface area contributed by atoms with Gasteiger partial charge in [-0.1, -0.05) is 11.6 Å². The number of hydrogen-bond acceptors (Lipinski definition) is 2.